The maximum absolute atomic E-state index is 12.6. The van der Waals surface area contributed by atoms with Crippen LogP contribution in [0.3, 0.4) is 0 Å². The van der Waals surface area contributed by atoms with Gasteiger partial charge in [0.05, 0.1) is 19.8 Å². The predicted molar refractivity (Wildman–Crippen MR) is 114 cm³/mol. The standard InChI is InChI=1S/C24H21N3O2/c1-6-20-22(26-4)21(23(27(20)5)24(28)29-7-2)18-10-8-16(9-11-18)17-12-14-19(25-3)15-13-17/h8-15H,6-7H2,1-2,5H3. The van der Waals surface area contributed by atoms with Crippen molar-refractivity contribution in [1.29, 1.82) is 0 Å². The lowest BCUT2D eigenvalue weighted by atomic mass is 9.99. The van der Waals surface area contributed by atoms with E-state index >= 15 is 0 Å². The quantitative estimate of drug-likeness (QED) is 0.389. The Kier molecular flexibility index (Phi) is 5.81. The molecule has 1 aromatic heterocycles. The van der Waals surface area contributed by atoms with Gasteiger partial charge in [0, 0.05) is 18.3 Å². The van der Waals surface area contributed by atoms with E-state index in [4.69, 9.17) is 17.9 Å². The first-order chi connectivity index (χ1) is 14.0. The Balaban J connectivity index is 2.11. The zero-order valence-corrected chi connectivity index (χ0v) is 16.7. The summed E-state index contributed by atoms with van der Waals surface area (Å²) >= 11 is 0. The second kappa shape index (κ2) is 8.46. The molecule has 0 aliphatic rings. The molecular weight excluding hydrogens is 362 g/mol. The van der Waals surface area contributed by atoms with Gasteiger partial charge in [-0.05, 0) is 30.0 Å². The molecule has 0 unspecified atom stereocenters. The summed E-state index contributed by atoms with van der Waals surface area (Å²) in [4.78, 5) is 19.8. The first kappa shape index (κ1) is 19.9. The number of carbonyl (C=O) groups excluding carboxylic acids is 1. The highest BCUT2D eigenvalue weighted by Crippen LogP contribution is 2.40. The second-order valence-corrected chi connectivity index (χ2v) is 6.50. The van der Waals surface area contributed by atoms with E-state index in [9.17, 15) is 4.79 Å². The van der Waals surface area contributed by atoms with E-state index in [0.29, 0.717) is 29.1 Å². The Bertz CT molecular complexity index is 1130. The maximum Gasteiger partial charge on any atom is 0.354 e. The van der Waals surface area contributed by atoms with Gasteiger partial charge in [0.2, 0.25) is 5.69 Å². The number of esters is 1. The number of rotatable bonds is 5. The van der Waals surface area contributed by atoms with Crippen LogP contribution in [0.4, 0.5) is 11.4 Å². The molecule has 0 spiro atoms. The molecule has 5 nitrogen and oxygen atoms in total. The summed E-state index contributed by atoms with van der Waals surface area (Å²) in [7, 11) is 1.80. The Labute approximate surface area is 170 Å². The predicted octanol–water partition coefficient (Wildman–Crippen LogP) is 6.20. The molecule has 1 heterocycles. The summed E-state index contributed by atoms with van der Waals surface area (Å²) in [5.74, 6) is -0.423. The highest BCUT2D eigenvalue weighted by Gasteiger charge is 2.26. The molecule has 0 atom stereocenters. The van der Waals surface area contributed by atoms with E-state index in [2.05, 4.69) is 9.69 Å². The van der Waals surface area contributed by atoms with Crippen LogP contribution in [0.2, 0.25) is 0 Å². The Hall–Kier alpha value is -3.83. The van der Waals surface area contributed by atoms with Gasteiger partial charge >= 0.3 is 5.97 Å². The van der Waals surface area contributed by atoms with E-state index in [-0.39, 0.29) is 6.61 Å². The van der Waals surface area contributed by atoms with E-state index in [1.165, 1.54) is 0 Å². The number of hydrogen-bond donors (Lipinski definition) is 0. The van der Waals surface area contributed by atoms with E-state index in [1.54, 1.807) is 30.7 Å². The molecule has 3 aromatic rings. The second-order valence-electron chi connectivity index (χ2n) is 6.50. The van der Waals surface area contributed by atoms with Crippen molar-refractivity contribution in [3.05, 3.63) is 82.8 Å². The van der Waals surface area contributed by atoms with Crippen molar-refractivity contribution in [3.63, 3.8) is 0 Å². The lowest BCUT2D eigenvalue weighted by molar-refractivity contribution is 0.0516. The Morgan fingerprint density at radius 2 is 1.48 bits per heavy atom. The van der Waals surface area contributed by atoms with Crippen LogP contribution in [-0.2, 0) is 18.2 Å². The molecule has 0 aliphatic heterocycles. The van der Waals surface area contributed by atoms with E-state index in [1.807, 2.05) is 43.3 Å². The third kappa shape index (κ3) is 3.63. The third-order valence-corrected chi connectivity index (χ3v) is 4.91. The van der Waals surface area contributed by atoms with Gasteiger partial charge in [0.25, 0.3) is 0 Å². The average Bonchev–Trinajstić information content (AvgIpc) is 3.05. The molecule has 2 aromatic carbocycles. The van der Waals surface area contributed by atoms with Crippen LogP contribution in [0, 0.1) is 13.1 Å². The molecule has 0 radical (unpaired) electrons. The fourth-order valence-corrected chi connectivity index (χ4v) is 3.51. The van der Waals surface area contributed by atoms with Gasteiger partial charge in [0.1, 0.15) is 5.69 Å². The van der Waals surface area contributed by atoms with Crippen LogP contribution in [0.25, 0.3) is 31.9 Å². The molecule has 3 rings (SSSR count). The fourth-order valence-electron chi connectivity index (χ4n) is 3.51. The molecule has 29 heavy (non-hydrogen) atoms. The highest BCUT2D eigenvalue weighted by molar-refractivity contribution is 6.01. The fraction of sp³-hybridized carbons (Fsp3) is 0.208. The first-order valence-electron chi connectivity index (χ1n) is 9.40. The third-order valence-electron chi connectivity index (χ3n) is 4.91. The minimum atomic E-state index is -0.423. The van der Waals surface area contributed by atoms with Gasteiger partial charge in [-0.15, -0.1) is 0 Å². The lowest BCUT2D eigenvalue weighted by Crippen LogP contribution is -2.12. The van der Waals surface area contributed by atoms with Crippen LogP contribution in [-0.4, -0.2) is 17.1 Å². The summed E-state index contributed by atoms with van der Waals surface area (Å²) in [5, 5.41) is 0. The number of ether oxygens (including phenoxy) is 1. The Morgan fingerprint density at radius 1 is 0.931 bits per heavy atom. The number of carbonyl (C=O) groups is 1. The lowest BCUT2D eigenvalue weighted by Gasteiger charge is -2.09. The topological polar surface area (TPSA) is 40.0 Å². The molecule has 0 amide bonds. The molecule has 0 N–H and O–H groups in total. The molecular formula is C24H21N3O2. The van der Waals surface area contributed by atoms with Gasteiger partial charge in [0.15, 0.2) is 5.69 Å². The minimum absolute atomic E-state index is 0.276. The van der Waals surface area contributed by atoms with Gasteiger partial charge in [-0.1, -0.05) is 55.5 Å². The summed E-state index contributed by atoms with van der Waals surface area (Å²) < 4.78 is 7.03. The zero-order chi connectivity index (χ0) is 21.0. The van der Waals surface area contributed by atoms with Gasteiger partial charge < -0.3 is 9.30 Å². The number of nitrogens with zero attached hydrogens (tertiary/aromatic N) is 3. The van der Waals surface area contributed by atoms with Crippen LogP contribution in [0.1, 0.15) is 30.0 Å². The summed E-state index contributed by atoms with van der Waals surface area (Å²) in [6.07, 6.45) is 0.645. The SMILES string of the molecule is [C-]#[N+]c1ccc(-c2ccc(-c3c([N+]#[C-])c(CC)n(C)c3C(=O)OCC)cc2)cc1. The number of aromatic nitrogens is 1. The molecule has 0 saturated heterocycles. The number of hydrogen-bond acceptors (Lipinski definition) is 2. The van der Waals surface area contributed by atoms with Crippen molar-refractivity contribution in [1.82, 2.24) is 4.57 Å². The van der Waals surface area contributed by atoms with Crippen LogP contribution < -0.4 is 0 Å². The molecule has 0 fully saturated rings. The Morgan fingerprint density at radius 3 is 1.97 bits per heavy atom. The van der Waals surface area contributed by atoms with Crippen LogP contribution >= 0.6 is 0 Å². The molecule has 0 saturated carbocycles. The smallest absolute Gasteiger partial charge is 0.354 e. The van der Waals surface area contributed by atoms with Crippen molar-refractivity contribution >= 4 is 17.3 Å². The largest absolute Gasteiger partial charge is 0.461 e. The minimum Gasteiger partial charge on any atom is -0.461 e. The van der Waals surface area contributed by atoms with Crippen molar-refractivity contribution < 1.29 is 9.53 Å². The highest BCUT2D eigenvalue weighted by atomic mass is 16.5. The molecule has 5 heteroatoms. The summed E-state index contributed by atoms with van der Waals surface area (Å²) in [6.45, 7) is 18.8. The summed E-state index contributed by atoms with van der Waals surface area (Å²) in [6, 6.07) is 15.2. The van der Waals surface area contributed by atoms with Gasteiger partial charge in [-0.25, -0.2) is 14.5 Å². The molecule has 144 valence electrons. The van der Waals surface area contributed by atoms with E-state index < -0.39 is 5.97 Å². The van der Waals surface area contributed by atoms with Crippen molar-refractivity contribution in [2.45, 2.75) is 20.3 Å². The maximum atomic E-state index is 12.6. The van der Waals surface area contributed by atoms with Crippen molar-refractivity contribution in [2.24, 2.45) is 7.05 Å². The average molecular weight is 383 g/mol. The normalized spacial score (nSPS) is 10.2. The molecule has 0 bridgehead atoms. The summed E-state index contributed by atoms with van der Waals surface area (Å²) in [5.41, 5.74) is 5.74. The van der Waals surface area contributed by atoms with E-state index in [0.717, 1.165) is 22.4 Å². The monoisotopic (exact) mass is 383 g/mol. The number of benzene rings is 2. The van der Waals surface area contributed by atoms with Crippen LogP contribution in [0.15, 0.2) is 48.5 Å². The van der Waals surface area contributed by atoms with Gasteiger partial charge in [-0.3, -0.25) is 0 Å². The first-order valence-corrected chi connectivity index (χ1v) is 9.40. The zero-order valence-electron chi connectivity index (χ0n) is 16.7. The molecule has 0 aliphatic carbocycles. The van der Waals surface area contributed by atoms with Crippen molar-refractivity contribution in [3.8, 4) is 22.3 Å². The van der Waals surface area contributed by atoms with Gasteiger partial charge in [-0.2, -0.15) is 0 Å². The van der Waals surface area contributed by atoms with Crippen LogP contribution in [0.5, 0.6) is 0 Å². The van der Waals surface area contributed by atoms with Crippen molar-refractivity contribution in [2.75, 3.05) is 6.61 Å².